The van der Waals surface area contributed by atoms with E-state index >= 15 is 0 Å². The van der Waals surface area contributed by atoms with Crippen LogP contribution in [0.25, 0.3) is 0 Å². The Hall–Kier alpha value is -1.71. The molecule has 3 N–H and O–H groups in total. The zero-order chi connectivity index (χ0) is 16.8. The van der Waals surface area contributed by atoms with Crippen LogP contribution in [0.15, 0.2) is 18.2 Å². The Morgan fingerprint density at radius 1 is 1.00 bits per heavy atom. The van der Waals surface area contributed by atoms with E-state index in [2.05, 4.69) is 12.2 Å². The van der Waals surface area contributed by atoms with Gasteiger partial charge in [0.2, 0.25) is 5.91 Å². The molecule has 1 aromatic carbocycles. The number of carbonyl (C=O) groups excluding carboxylic acids is 1. The number of aromatic hydroxyl groups is 2. The molecule has 0 spiro atoms. The highest BCUT2D eigenvalue weighted by atomic mass is 16.3. The van der Waals surface area contributed by atoms with Crippen LogP contribution in [0.5, 0.6) is 11.5 Å². The van der Waals surface area contributed by atoms with Crippen molar-refractivity contribution in [2.75, 3.05) is 0 Å². The maximum absolute atomic E-state index is 11.6. The first kappa shape index (κ1) is 20.3. The summed E-state index contributed by atoms with van der Waals surface area (Å²) in [5.41, 5.74) is 0.775. The molecule has 1 aromatic rings. The average molecular weight is 309 g/mol. The van der Waals surface area contributed by atoms with E-state index in [0.29, 0.717) is 13.0 Å². The van der Waals surface area contributed by atoms with Gasteiger partial charge in [0.1, 0.15) is 0 Å². The van der Waals surface area contributed by atoms with E-state index in [4.69, 9.17) is 0 Å². The van der Waals surface area contributed by atoms with Crippen molar-refractivity contribution in [3.05, 3.63) is 23.8 Å². The summed E-state index contributed by atoms with van der Waals surface area (Å²) in [5, 5.41) is 21.4. The summed E-state index contributed by atoms with van der Waals surface area (Å²) < 4.78 is 0. The molecule has 126 valence electrons. The predicted molar refractivity (Wildman–Crippen MR) is 91.0 cm³/mol. The lowest BCUT2D eigenvalue weighted by Crippen LogP contribution is -2.22. The molecule has 0 aliphatic carbocycles. The normalized spacial score (nSPS) is 9.77. The van der Waals surface area contributed by atoms with Crippen molar-refractivity contribution < 1.29 is 15.0 Å². The van der Waals surface area contributed by atoms with Gasteiger partial charge in [-0.05, 0) is 24.1 Å². The van der Waals surface area contributed by atoms with Crippen molar-refractivity contribution in [1.82, 2.24) is 5.32 Å². The molecule has 0 aliphatic heterocycles. The highest BCUT2D eigenvalue weighted by Gasteiger charge is 2.04. The maximum atomic E-state index is 11.6. The standard InChI is InChI=1S/C16H25NO3.C2H6/c1-2-3-4-5-6-7-8-16(20)17-12-13-9-10-14(18)15(19)11-13;1-2/h9-11,18-19H,2-8,12H2,1H3,(H,17,20);1-2H3. The van der Waals surface area contributed by atoms with Gasteiger partial charge in [-0.3, -0.25) is 4.79 Å². The number of amides is 1. The molecule has 0 atom stereocenters. The Morgan fingerprint density at radius 2 is 1.64 bits per heavy atom. The van der Waals surface area contributed by atoms with Crippen molar-refractivity contribution in [3.63, 3.8) is 0 Å². The molecule has 1 rings (SSSR count). The van der Waals surface area contributed by atoms with Crippen molar-refractivity contribution in [2.24, 2.45) is 0 Å². The Morgan fingerprint density at radius 3 is 2.27 bits per heavy atom. The Labute approximate surface area is 134 Å². The minimum atomic E-state index is -0.160. The number of unbranched alkanes of at least 4 members (excludes halogenated alkanes) is 5. The Kier molecular flexibility index (Phi) is 12.0. The third kappa shape index (κ3) is 9.27. The highest BCUT2D eigenvalue weighted by molar-refractivity contribution is 5.75. The number of hydrogen-bond acceptors (Lipinski definition) is 3. The molecule has 0 aromatic heterocycles. The van der Waals surface area contributed by atoms with Gasteiger partial charge in [-0.1, -0.05) is 58.9 Å². The van der Waals surface area contributed by atoms with E-state index in [0.717, 1.165) is 18.4 Å². The molecular weight excluding hydrogens is 278 g/mol. The lowest BCUT2D eigenvalue weighted by atomic mass is 10.1. The van der Waals surface area contributed by atoms with E-state index < -0.39 is 0 Å². The zero-order valence-corrected chi connectivity index (χ0v) is 14.2. The summed E-state index contributed by atoms with van der Waals surface area (Å²) in [7, 11) is 0. The summed E-state index contributed by atoms with van der Waals surface area (Å²) >= 11 is 0. The SMILES string of the molecule is CC.CCCCCCCCC(=O)NCc1ccc(O)c(O)c1. The van der Waals surface area contributed by atoms with Gasteiger partial charge < -0.3 is 15.5 Å². The van der Waals surface area contributed by atoms with Crippen LogP contribution < -0.4 is 5.32 Å². The molecule has 4 nitrogen and oxygen atoms in total. The number of benzene rings is 1. The van der Waals surface area contributed by atoms with Crippen molar-refractivity contribution in [3.8, 4) is 11.5 Å². The van der Waals surface area contributed by atoms with Crippen molar-refractivity contribution >= 4 is 5.91 Å². The first-order valence-corrected chi connectivity index (χ1v) is 8.41. The molecule has 0 aliphatic rings. The molecule has 1 amide bonds. The molecular formula is C18H31NO3. The lowest BCUT2D eigenvalue weighted by molar-refractivity contribution is -0.121. The van der Waals surface area contributed by atoms with E-state index in [1.165, 1.54) is 37.8 Å². The van der Waals surface area contributed by atoms with Gasteiger partial charge in [0.05, 0.1) is 0 Å². The molecule has 0 heterocycles. The van der Waals surface area contributed by atoms with E-state index in [9.17, 15) is 15.0 Å². The quantitative estimate of drug-likeness (QED) is 0.465. The minimum Gasteiger partial charge on any atom is -0.504 e. The second kappa shape index (κ2) is 13.0. The first-order valence-electron chi connectivity index (χ1n) is 8.41. The van der Waals surface area contributed by atoms with Gasteiger partial charge in [-0.2, -0.15) is 0 Å². The lowest BCUT2D eigenvalue weighted by Gasteiger charge is -2.06. The van der Waals surface area contributed by atoms with Crippen LogP contribution in [-0.2, 0) is 11.3 Å². The number of rotatable bonds is 9. The van der Waals surface area contributed by atoms with Crippen LogP contribution in [0.4, 0.5) is 0 Å². The van der Waals surface area contributed by atoms with Crippen LogP contribution in [0.3, 0.4) is 0 Å². The van der Waals surface area contributed by atoms with Gasteiger partial charge in [-0.25, -0.2) is 0 Å². The second-order valence-electron chi connectivity index (χ2n) is 5.12. The summed E-state index contributed by atoms with van der Waals surface area (Å²) in [6.45, 7) is 6.57. The summed E-state index contributed by atoms with van der Waals surface area (Å²) in [5.74, 6) is -0.270. The number of nitrogens with one attached hydrogen (secondary N) is 1. The van der Waals surface area contributed by atoms with Crippen LogP contribution in [0, 0.1) is 0 Å². The van der Waals surface area contributed by atoms with Gasteiger partial charge in [0, 0.05) is 13.0 Å². The summed E-state index contributed by atoms with van der Waals surface area (Å²) in [6.07, 6.45) is 7.55. The van der Waals surface area contributed by atoms with Gasteiger partial charge >= 0.3 is 0 Å². The maximum Gasteiger partial charge on any atom is 0.220 e. The third-order valence-corrected chi connectivity index (χ3v) is 3.29. The Bertz CT molecular complexity index is 419. The minimum absolute atomic E-state index is 0.0352. The Balaban J connectivity index is 0.00000211. The van der Waals surface area contributed by atoms with Gasteiger partial charge in [-0.15, -0.1) is 0 Å². The molecule has 0 unspecified atom stereocenters. The fourth-order valence-corrected chi connectivity index (χ4v) is 2.03. The van der Waals surface area contributed by atoms with Crippen molar-refractivity contribution in [1.29, 1.82) is 0 Å². The highest BCUT2D eigenvalue weighted by Crippen LogP contribution is 2.24. The second-order valence-corrected chi connectivity index (χ2v) is 5.12. The topological polar surface area (TPSA) is 69.6 Å². The van der Waals surface area contributed by atoms with Gasteiger partial charge in [0.25, 0.3) is 0 Å². The fourth-order valence-electron chi connectivity index (χ4n) is 2.03. The molecule has 4 heteroatoms. The zero-order valence-electron chi connectivity index (χ0n) is 14.2. The predicted octanol–water partition coefficient (Wildman–Crippen LogP) is 4.49. The third-order valence-electron chi connectivity index (χ3n) is 3.29. The number of hydrogen-bond donors (Lipinski definition) is 3. The molecule has 0 fully saturated rings. The van der Waals surface area contributed by atoms with E-state index in [-0.39, 0.29) is 17.4 Å². The monoisotopic (exact) mass is 309 g/mol. The molecule has 0 saturated heterocycles. The van der Waals surface area contributed by atoms with Crippen LogP contribution in [-0.4, -0.2) is 16.1 Å². The van der Waals surface area contributed by atoms with E-state index in [1.54, 1.807) is 6.07 Å². The van der Waals surface area contributed by atoms with Crippen LogP contribution in [0.2, 0.25) is 0 Å². The smallest absolute Gasteiger partial charge is 0.220 e. The number of carbonyl (C=O) groups is 1. The molecule has 22 heavy (non-hydrogen) atoms. The summed E-state index contributed by atoms with van der Waals surface area (Å²) in [4.78, 5) is 11.6. The van der Waals surface area contributed by atoms with Crippen LogP contribution in [0.1, 0.15) is 71.3 Å². The first-order chi connectivity index (χ1) is 10.6. The van der Waals surface area contributed by atoms with Crippen LogP contribution >= 0.6 is 0 Å². The van der Waals surface area contributed by atoms with Gasteiger partial charge in [0.15, 0.2) is 11.5 Å². The number of phenols is 2. The molecule has 0 radical (unpaired) electrons. The molecule has 0 saturated carbocycles. The van der Waals surface area contributed by atoms with Crippen molar-refractivity contribution in [2.45, 2.75) is 72.3 Å². The number of phenolic OH excluding ortho intramolecular Hbond substituents is 2. The fraction of sp³-hybridized carbons (Fsp3) is 0.611. The largest absolute Gasteiger partial charge is 0.504 e. The average Bonchev–Trinajstić information content (AvgIpc) is 2.54. The van der Waals surface area contributed by atoms with E-state index in [1.807, 2.05) is 13.8 Å². The molecule has 0 bridgehead atoms. The summed E-state index contributed by atoms with van der Waals surface area (Å²) in [6, 6.07) is 4.56.